The average molecular weight is 522 g/mol. The molecule has 1 aromatic carbocycles. The smallest absolute Gasteiger partial charge is 0.339 e. The molecule has 3 heterocycles. The maximum Gasteiger partial charge on any atom is 0.446 e. The first-order valence-corrected chi connectivity index (χ1v) is 11.5. The number of carbonyl (C=O) groups excluding carboxylic acids is 2. The van der Waals surface area contributed by atoms with Crippen molar-refractivity contribution < 1.29 is 22.8 Å². The number of nitrogens with one attached hydrogen (secondary N) is 1. The fourth-order valence-corrected chi connectivity index (χ4v) is 4.20. The van der Waals surface area contributed by atoms with E-state index in [4.69, 9.17) is 11.6 Å². The van der Waals surface area contributed by atoms with E-state index in [9.17, 15) is 22.8 Å². The average Bonchev–Trinajstić information content (AvgIpc) is 2.95. The zero-order valence-corrected chi connectivity index (χ0v) is 20.1. The molecule has 0 saturated carbocycles. The summed E-state index contributed by atoms with van der Waals surface area (Å²) in [6.07, 6.45) is 3.13. The number of urea groups is 1. The molecule has 35 heavy (non-hydrogen) atoms. The number of amides is 3. The third kappa shape index (κ3) is 5.51. The Morgan fingerprint density at radius 2 is 1.77 bits per heavy atom. The van der Waals surface area contributed by atoms with Crippen LogP contribution in [-0.2, 0) is 11.3 Å². The topological polar surface area (TPSA) is 78.4 Å². The number of carbonyl (C=O) groups is 2. The van der Waals surface area contributed by atoms with E-state index < -0.39 is 23.0 Å². The molecular formula is C23H19ClF3N5O2S. The van der Waals surface area contributed by atoms with Crippen LogP contribution in [0, 0.1) is 0 Å². The number of pyridine rings is 2. The van der Waals surface area contributed by atoms with E-state index in [1.807, 2.05) is 0 Å². The van der Waals surface area contributed by atoms with Crippen LogP contribution in [0.1, 0.15) is 19.4 Å². The summed E-state index contributed by atoms with van der Waals surface area (Å²) >= 11 is 5.54. The van der Waals surface area contributed by atoms with Crippen molar-refractivity contribution in [3.05, 3.63) is 71.6 Å². The van der Waals surface area contributed by atoms with Crippen molar-refractivity contribution in [1.29, 1.82) is 0 Å². The Balaban J connectivity index is 1.53. The predicted molar refractivity (Wildman–Crippen MR) is 128 cm³/mol. The number of hydrogen-bond acceptors (Lipinski definition) is 6. The predicted octanol–water partition coefficient (Wildman–Crippen LogP) is 6.23. The molecular weight excluding hydrogens is 503 g/mol. The Morgan fingerprint density at radius 3 is 2.40 bits per heavy atom. The fraction of sp³-hybridized carbons (Fsp3) is 0.217. The normalized spacial score (nSPS) is 15.6. The van der Waals surface area contributed by atoms with Crippen molar-refractivity contribution in [2.45, 2.75) is 36.3 Å². The van der Waals surface area contributed by atoms with E-state index in [0.29, 0.717) is 16.7 Å². The third-order valence-electron chi connectivity index (χ3n) is 5.32. The van der Waals surface area contributed by atoms with Crippen LogP contribution in [0.25, 0.3) is 0 Å². The highest BCUT2D eigenvalue weighted by molar-refractivity contribution is 8.00. The van der Waals surface area contributed by atoms with Crippen molar-refractivity contribution in [3.8, 4) is 0 Å². The van der Waals surface area contributed by atoms with Crippen LogP contribution < -0.4 is 10.2 Å². The molecule has 12 heteroatoms. The van der Waals surface area contributed by atoms with Crippen molar-refractivity contribution in [1.82, 2.24) is 14.9 Å². The monoisotopic (exact) mass is 521 g/mol. The van der Waals surface area contributed by atoms with Gasteiger partial charge in [0.2, 0.25) is 0 Å². The molecule has 3 amide bonds. The lowest BCUT2D eigenvalue weighted by Crippen LogP contribution is -2.43. The Bertz CT molecular complexity index is 1250. The number of thioether (sulfide) groups is 1. The summed E-state index contributed by atoms with van der Waals surface area (Å²) in [5.41, 5.74) is -4.01. The first-order valence-electron chi connectivity index (χ1n) is 10.3. The summed E-state index contributed by atoms with van der Waals surface area (Å²) in [4.78, 5) is 37.0. The van der Waals surface area contributed by atoms with E-state index in [1.54, 1.807) is 50.5 Å². The minimum atomic E-state index is -4.43. The van der Waals surface area contributed by atoms with E-state index in [-0.39, 0.29) is 28.9 Å². The molecule has 4 rings (SSSR count). The van der Waals surface area contributed by atoms with Gasteiger partial charge in [-0.25, -0.2) is 19.7 Å². The van der Waals surface area contributed by atoms with Gasteiger partial charge in [-0.15, -0.1) is 0 Å². The lowest BCUT2D eigenvalue weighted by atomic mass is 10.0. The van der Waals surface area contributed by atoms with Crippen molar-refractivity contribution in [3.63, 3.8) is 0 Å². The molecule has 0 bridgehead atoms. The molecule has 1 aliphatic rings. The van der Waals surface area contributed by atoms with Gasteiger partial charge in [-0.05, 0) is 79.7 Å². The second-order valence-electron chi connectivity index (χ2n) is 8.15. The number of aromatic nitrogens is 2. The van der Waals surface area contributed by atoms with E-state index in [1.165, 1.54) is 29.2 Å². The largest absolute Gasteiger partial charge is 0.446 e. The van der Waals surface area contributed by atoms with Gasteiger partial charge in [-0.3, -0.25) is 4.79 Å². The number of hydrogen-bond donors (Lipinski definition) is 1. The molecule has 1 fully saturated rings. The highest BCUT2D eigenvalue weighted by Gasteiger charge is 2.51. The van der Waals surface area contributed by atoms with Crippen LogP contribution in [0.5, 0.6) is 0 Å². The Morgan fingerprint density at radius 1 is 1.06 bits per heavy atom. The molecule has 0 unspecified atom stereocenters. The zero-order valence-electron chi connectivity index (χ0n) is 18.5. The third-order valence-corrected chi connectivity index (χ3v) is 6.28. The minimum Gasteiger partial charge on any atom is -0.339 e. The Hall–Kier alpha value is -3.31. The van der Waals surface area contributed by atoms with Crippen LogP contribution in [0.3, 0.4) is 0 Å². The second-order valence-corrected chi connectivity index (χ2v) is 9.68. The number of anilines is 3. The van der Waals surface area contributed by atoms with Gasteiger partial charge in [-0.2, -0.15) is 13.2 Å². The van der Waals surface area contributed by atoms with Crippen LogP contribution in [0.2, 0.25) is 5.15 Å². The lowest BCUT2D eigenvalue weighted by Gasteiger charge is -2.27. The van der Waals surface area contributed by atoms with E-state index in [0.717, 1.165) is 10.5 Å². The number of halogens is 4. The standard InChI is InChI=1S/C23H19ClF3N5O2S/c1-22(2)20(33)32(16-4-6-17(7-5-16)35-23(25,26)27)21(34)31(22)13-14-9-10-28-19(11-14)30-15-3-8-18(24)29-12-15/h3-12H,13H2,1-2H3,(H,28,30). The molecule has 2 aromatic heterocycles. The van der Waals surface area contributed by atoms with E-state index in [2.05, 4.69) is 15.3 Å². The molecule has 0 aliphatic carbocycles. The van der Waals surface area contributed by atoms with Gasteiger partial charge >= 0.3 is 11.5 Å². The molecule has 0 spiro atoms. The number of benzene rings is 1. The lowest BCUT2D eigenvalue weighted by molar-refractivity contribution is -0.123. The van der Waals surface area contributed by atoms with Gasteiger partial charge in [0.15, 0.2) is 0 Å². The number of nitrogens with zero attached hydrogens (tertiary/aromatic N) is 4. The van der Waals surface area contributed by atoms with Gasteiger partial charge in [0.25, 0.3) is 5.91 Å². The quantitative estimate of drug-likeness (QED) is 0.235. The summed E-state index contributed by atoms with van der Waals surface area (Å²) in [6, 6.07) is 11.4. The highest BCUT2D eigenvalue weighted by Crippen LogP contribution is 2.39. The Kier molecular flexibility index (Phi) is 6.65. The first kappa shape index (κ1) is 24.8. The van der Waals surface area contributed by atoms with Crippen molar-refractivity contribution in [2.24, 2.45) is 0 Å². The SMILES string of the molecule is CC1(C)C(=O)N(c2ccc(SC(F)(F)F)cc2)C(=O)N1Cc1ccnc(Nc2ccc(Cl)nc2)c1. The van der Waals surface area contributed by atoms with Crippen LogP contribution in [0.4, 0.5) is 35.2 Å². The van der Waals surface area contributed by atoms with Crippen LogP contribution in [-0.4, -0.2) is 37.9 Å². The zero-order chi connectivity index (χ0) is 25.4. The minimum absolute atomic E-state index is 0.0378. The molecule has 1 N–H and O–H groups in total. The maximum atomic E-state index is 13.3. The summed E-state index contributed by atoms with van der Waals surface area (Å²) in [6.45, 7) is 3.37. The van der Waals surface area contributed by atoms with Gasteiger partial charge in [0, 0.05) is 17.6 Å². The number of imide groups is 1. The van der Waals surface area contributed by atoms with Gasteiger partial charge in [0.05, 0.1) is 17.6 Å². The molecule has 3 aromatic rings. The second kappa shape index (κ2) is 9.38. The first-order chi connectivity index (χ1) is 16.4. The summed E-state index contributed by atoms with van der Waals surface area (Å²) in [7, 11) is 0. The van der Waals surface area contributed by atoms with Crippen molar-refractivity contribution >= 4 is 52.5 Å². The molecule has 7 nitrogen and oxygen atoms in total. The van der Waals surface area contributed by atoms with Crippen molar-refractivity contribution in [2.75, 3.05) is 10.2 Å². The molecule has 0 radical (unpaired) electrons. The van der Waals surface area contributed by atoms with Gasteiger partial charge < -0.3 is 10.2 Å². The summed E-state index contributed by atoms with van der Waals surface area (Å²) in [5, 5.41) is 3.45. The Labute approximate surface area is 208 Å². The molecule has 1 saturated heterocycles. The highest BCUT2D eigenvalue weighted by atomic mass is 35.5. The molecule has 182 valence electrons. The maximum absolute atomic E-state index is 13.3. The summed E-state index contributed by atoms with van der Waals surface area (Å²) < 4.78 is 37.8. The molecule has 1 aliphatic heterocycles. The van der Waals surface area contributed by atoms with Crippen LogP contribution >= 0.6 is 23.4 Å². The molecule has 0 atom stereocenters. The van der Waals surface area contributed by atoms with Gasteiger partial charge in [0.1, 0.15) is 16.5 Å². The van der Waals surface area contributed by atoms with E-state index >= 15 is 0 Å². The van der Waals surface area contributed by atoms with Gasteiger partial charge in [-0.1, -0.05) is 11.6 Å². The number of rotatable bonds is 6. The summed E-state index contributed by atoms with van der Waals surface area (Å²) in [5.74, 6) is 0.0374. The number of alkyl halides is 3. The fourth-order valence-electron chi connectivity index (χ4n) is 3.55. The van der Waals surface area contributed by atoms with Crippen LogP contribution in [0.15, 0.2) is 65.8 Å².